The number of ether oxygens (including phenoxy) is 1. The largest absolute Gasteiger partial charge is 0.448 e. The van der Waals surface area contributed by atoms with Gasteiger partial charge in [-0.1, -0.05) is 24.3 Å². The number of hydrogen-bond acceptors (Lipinski definition) is 3. The minimum absolute atomic E-state index is 0.125. The summed E-state index contributed by atoms with van der Waals surface area (Å²) in [6, 6.07) is 0.125. The molecule has 2 saturated heterocycles. The molecule has 0 N–H and O–H groups in total. The van der Waals surface area contributed by atoms with Crippen LogP contribution in [0.2, 0.25) is 0 Å². The van der Waals surface area contributed by atoms with Crippen LogP contribution in [0.25, 0.3) is 0 Å². The van der Waals surface area contributed by atoms with Gasteiger partial charge in [0.05, 0.1) is 16.9 Å². The molecule has 22 heavy (non-hydrogen) atoms. The fourth-order valence-corrected chi connectivity index (χ4v) is 4.13. The summed E-state index contributed by atoms with van der Waals surface area (Å²) in [4.78, 5) is 14.2. The molecule has 2 atom stereocenters. The van der Waals surface area contributed by atoms with Crippen LogP contribution >= 0.6 is 0 Å². The van der Waals surface area contributed by atoms with Gasteiger partial charge in [-0.3, -0.25) is 4.90 Å². The van der Waals surface area contributed by atoms with E-state index in [1.165, 1.54) is 0 Å². The summed E-state index contributed by atoms with van der Waals surface area (Å²) in [5, 5.41) is 0. The summed E-state index contributed by atoms with van der Waals surface area (Å²) in [7, 11) is -0.934. The molecular weight excluding hydrogens is 300 g/mol. The zero-order chi connectivity index (χ0) is 15.7. The molecule has 3 aliphatic rings. The third kappa shape index (κ3) is 2.90. The highest BCUT2D eigenvalue weighted by Crippen LogP contribution is 2.34. The second-order valence-electron chi connectivity index (χ2n) is 5.95. The molecule has 2 fully saturated rings. The van der Waals surface area contributed by atoms with E-state index in [2.05, 4.69) is 6.08 Å². The molecule has 2 heterocycles. The maximum absolute atomic E-state index is 12.4. The fourth-order valence-electron chi connectivity index (χ4n) is 3.40. The maximum Gasteiger partial charge on any atom is 0.414 e. The Hall–Kier alpha value is -1.40. The van der Waals surface area contributed by atoms with Crippen molar-refractivity contribution < 1.29 is 13.7 Å². The summed E-state index contributed by atoms with van der Waals surface area (Å²) >= 11 is 0. The highest BCUT2D eigenvalue weighted by molar-refractivity contribution is 7.81. The predicted octanol–water partition coefficient (Wildman–Crippen LogP) is 2.21. The summed E-state index contributed by atoms with van der Waals surface area (Å²) in [5.74, 6) is 0.131. The van der Waals surface area contributed by atoms with Gasteiger partial charge in [-0.15, -0.1) is 0 Å². The number of rotatable bonds is 2. The standard InChI is InChI=1S/C16H22N2O3S/c1-12-5-3-4-6-13-11-21-16(19)18(15(12)13)14-7-9-17(10-8-14)22(2)20/h3-6,13-14H,7-11H2,1-2H3. The molecule has 0 aromatic rings. The molecule has 3 rings (SSSR count). The van der Waals surface area contributed by atoms with Crippen molar-refractivity contribution in [1.82, 2.24) is 9.21 Å². The van der Waals surface area contributed by atoms with Crippen molar-refractivity contribution in [2.24, 2.45) is 5.92 Å². The number of hydrogen-bond donors (Lipinski definition) is 0. The molecule has 1 aliphatic carbocycles. The predicted molar refractivity (Wildman–Crippen MR) is 86.3 cm³/mol. The van der Waals surface area contributed by atoms with Gasteiger partial charge < -0.3 is 4.74 Å². The van der Waals surface area contributed by atoms with E-state index in [1.54, 1.807) is 6.26 Å². The van der Waals surface area contributed by atoms with Crippen LogP contribution in [0.5, 0.6) is 0 Å². The summed E-state index contributed by atoms with van der Waals surface area (Å²) < 4.78 is 18.9. The van der Waals surface area contributed by atoms with Crippen LogP contribution in [0.1, 0.15) is 19.8 Å². The number of fused-ring (bicyclic) bond motifs is 1. The van der Waals surface area contributed by atoms with Gasteiger partial charge in [0.1, 0.15) is 6.61 Å². The van der Waals surface area contributed by atoms with E-state index in [0.717, 1.165) is 37.2 Å². The number of piperidine rings is 1. The third-order valence-corrected chi connectivity index (χ3v) is 5.64. The zero-order valence-electron chi connectivity index (χ0n) is 13.0. The van der Waals surface area contributed by atoms with Gasteiger partial charge in [0.25, 0.3) is 0 Å². The Kier molecular flexibility index (Phi) is 4.49. The van der Waals surface area contributed by atoms with E-state index in [1.807, 2.05) is 34.4 Å². The van der Waals surface area contributed by atoms with Crippen molar-refractivity contribution in [2.75, 3.05) is 26.0 Å². The Morgan fingerprint density at radius 2 is 2.00 bits per heavy atom. The quantitative estimate of drug-likeness (QED) is 0.783. The van der Waals surface area contributed by atoms with Crippen molar-refractivity contribution in [3.05, 3.63) is 35.6 Å². The average molecular weight is 322 g/mol. The Morgan fingerprint density at radius 3 is 2.68 bits per heavy atom. The number of carbonyl (C=O) groups excluding carboxylic acids is 1. The summed E-state index contributed by atoms with van der Waals surface area (Å²) in [5.41, 5.74) is 2.19. The average Bonchev–Trinajstić information content (AvgIpc) is 2.70. The molecule has 6 heteroatoms. The van der Waals surface area contributed by atoms with Gasteiger partial charge in [0, 0.05) is 31.1 Å². The lowest BCUT2D eigenvalue weighted by atomic mass is 9.96. The van der Waals surface area contributed by atoms with E-state index in [0.29, 0.717) is 6.61 Å². The first kappa shape index (κ1) is 15.5. The van der Waals surface area contributed by atoms with Crippen LogP contribution in [0.4, 0.5) is 4.79 Å². The fraction of sp³-hybridized carbons (Fsp3) is 0.562. The molecule has 2 aliphatic heterocycles. The molecule has 0 aromatic heterocycles. The van der Waals surface area contributed by atoms with E-state index in [4.69, 9.17) is 4.74 Å². The van der Waals surface area contributed by atoms with Crippen LogP contribution in [-0.4, -0.2) is 51.5 Å². The van der Waals surface area contributed by atoms with Gasteiger partial charge >= 0.3 is 6.09 Å². The van der Waals surface area contributed by atoms with Gasteiger partial charge in [-0.05, 0) is 25.3 Å². The van der Waals surface area contributed by atoms with Crippen LogP contribution in [0, 0.1) is 5.92 Å². The molecule has 120 valence electrons. The summed E-state index contributed by atoms with van der Waals surface area (Å²) in [6.07, 6.45) is 11.3. The Morgan fingerprint density at radius 1 is 1.27 bits per heavy atom. The highest BCUT2D eigenvalue weighted by atomic mass is 32.2. The van der Waals surface area contributed by atoms with Gasteiger partial charge in [0.15, 0.2) is 0 Å². The normalized spacial score (nSPS) is 28.4. The van der Waals surface area contributed by atoms with Crippen LogP contribution in [-0.2, 0) is 15.7 Å². The summed E-state index contributed by atoms with van der Waals surface area (Å²) in [6.45, 7) is 3.96. The first-order chi connectivity index (χ1) is 10.6. The van der Waals surface area contributed by atoms with Crippen molar-refractivity contribution in [3.8, 4) is 0 Å². The van der Waals surface area contributed by atoms with Crippen LogP contribution in [0.3, 0.4) is 0 Å². The number of carbonyl (C=O) groups is 1. The molecule has 0 bridgehead atoms. The smallest absolute Gasteiger partial charge is 0.414 e. The Bertz CT molecular complexity index is 574. The third-order valence-electron chi connectivity index (χ3n) is 4.55. The molecule has 0 radical (unpaired) electrons. The highest BCUT2D eigenvalue weighted by Gasteiger charge is 2.38. The minimum Gasteiger partial charge on any atom is -0.448 e. The number of cyclic esters (lactones) is 1. The van der Waals surface area contributed by atoms with Crippen LogP contribution in [0.15, 0.2) is 35.6 Å². The van der Waals surface area contributed by atoms with E-state index < -0.39 is 11.0 Å². The Balaban J connectivity index is 1.84. The molecule has 1 amide bonds. The number of nitrogens with zero attached hydrogens (tertiary/aromatic N) is 2. The molecule has 0 aromatic carbocycles. The first-order valence-electron chi connectivity index (χ1n) is 7.68. The molecule has 0 spiro atoms. The first-order valence-corrected chi connectivity index (χ1v) is 9.19. The van der Waals surface area contributed by atoms with Crippen molar-refractivity contribution in [1.29, 1.82) is 0 Å². The van der Waals surface area contributed by atoms with Crippen molar-refractivity contribution >= 4 is 17.1 Å². The van der Waals surface area contributed by atoms with E-state index in [9.17, 15) is 9.00 Å². The topological polar surface area (TPSA) is 49.9 Å². The van der Waals surface area contributed by atoms with Gasteiger partial charge in [-0.2, -0.15) is 0 Å². The van der Waals surface area contributed by atoms with Gasteiger partial charge in [0.2, 0.25) is 0 Å². The lowest BCUT2D eigenvalue weighted by molar-refractivity contribution is 0.0524. The van der Waals surface area contributed by atoms with E-state index >= 15 is 0 Å². The Labute approximate surface area is 133 Å². The SMILES string of the molecule is CC1=C2C(C=CC=C1)COC(=O)N2C1CCN(S(C)=O)CC1. The molecule has 0 saturated carbocycles. The zero-order valence-corrected chi connectivity index (χ0v) is 13.8. The minimum atomic E-state index is -0.934. The maximum atomic E-state index is 12.4. The molecule has 2 unspecified atom stereocenters. The number of allylic oxidation sites excluding steroid dienone is 4. The van der Waals surface area contributed by atoms with Crippen molar-refractivity contribution in [2.45, 2.75) is 25.8 Å². The lowest BCUT2D eigenvalue weighted by Gasteiger charge is -2.42. The van der Waals surface area contributed by atoms with Crippen LogP contribution < -0.4 is 0 Å². The second kappa shape index (κ2) is 6.38. The second-order valence-corrected chi connectivity index (χ2v) is 7.31. The molecular formula is C16H22N2O3S. The molecule has 5 nitrogen and oxygen atoms in total. The number of amides is 1. The van der Waals surface area contributed by atoms with E-state index in [-0.39, 0.29) is 18.1 Å². The van der Waals surface area contributed by atoms with Gasteiger partial charge in [-0.25, -0.2) is 13.3 Å². The lowest BCUT2D eigenvalue weighted by Crippen LogP contribution is -2.51. The monoisotopic (exact) mass is 322 g/mol. The van der Waals surface area contributed by atoms with Crippen molar-refractivity contribution in [3.63, 3.8) is 0 Å².